The van der Waals surface area contributed by atoms with Crippen molar-refractivity contribution in [3.63, 3.8) is 0 Å². The van der Waals surface area contributed by atoms with Gasteiger partial charge >= 0.3 is 6.03 Å². The number of hydrogen-bond acceptors (Lipinski definition) is 4. The van der Waals surface area contributed by atoms with Crippen LogP contribution < -0.4 is 10.6 Å². The zero-order valence-corrected chi connectivity index (χ0v) is 14.3. The molecular formula is C16H29N3O2S. The van der Waals surface area contributed by atoms with Gasteiger partial charge in [0, 0.05) is 55.7 Å². The molecule has 1 unspecified atom stereocenters. The van der Waals surface area contributed by atoms with Crippen LogP contribution in [-0.4, -0.2) is 67.4 Å². The van der Waals surface area contributed by atoms with E-state index in [-0.39, 0.29) is 11.6 Å². The van der Waals surface area contributed by atoms with Gasteiger partial charge in [-0.15, -0.1) is 0 Å². The predicted molar refractivity (Wildman–Crippen MR) is 90.4 cm³/mol. The van der Waals surface area contributed by atoms with E-state index in [1.165, 1.54) is 50.3 Å². The van der Waals surface area contributed by atoms with E-state index in [0.29, 0.717) is 5.92 Å². The molecule has 1 saturated carbocycles. The van der Waals surface area contributed by atoms with Crippen molar-refractivity contribution in [2.45, 2.75) is 37.6 Å². The first-order valence-corrected chi connectivity index (χ1v) is 9.86. The second kappa shape index (κ2) is 7.88. The van der Waals surface area contributed by atoms with Crippen LogP contribution in [0.5, 0.6) is 0 Å². The number of ether oxygens (including phenoxy) is 1. The Morgan fingerprint density at radius 1 is 1.23 bits per heavy atom. The normalized spacial score (nSPS) is 28.6. The maximum atomic E-state index is 12.1. The molecular weight excluding hydrogens is 298 g/mol. The zero-order chi connectivity index (χ0) is 15.3. The molecule has 0 aromatic carbocycles. The minimum atomic E-state index is -0.00967. The van der Waals surface area contributed by atoms with E-state index >= 15 is 0 Å². The van der Waals surface area contributed by atoms with Gasteiger partial charge < -0.3 is 15.4 Å². The van der Waals surface area contributed by atoms with Gasteiger partial charge in [-0.25, -0.2) is 4.79 Å². The molecule has 126 valence electrons. The summed E-state index contributed by atoms with van der Waals surface area (Å²) in [5, 5.41) is 6.16. The van der Waals surface area contributed by atoms with Crippen LogP contribution >= 0.6 is 11.8 Å². The summed E-state index contributed by atoms with van der Waals surface area (Å²) in [6.45, 7) is 5.50. The first kappa shape index (κ1) is 16.4. The summed E-state index contributed by atoms with van der Waals surface area (Å²) in [6.07, 6.45) is 6.12. The van der Waals surface area contributed by atoms with Crippen molar-refractivity contribution in [1.82, 2.24) is 15.5 Å². The van der Waals surface area contributed by atoms with Crippen molar-refractivity contribution in [3.8, 4) is 0 Å². The van der Waals surface area contributed by atoms with Gasteiger partial charge in [0.25, 0.3) is 0 Å². The van der Waals surface area contributed by atoms with Gasteiger partial charge in [-0.3, -0.25) is 4.90 Å². The number of urea groups is 1. The van der Waals surface area contributed by atoms with Crippen molar-refractivity contribution >= 4 is 17.8 Å². The summed E-state index contributed by atoms with van der Waals surface area (Å²) < 4.78 is 5.35. The molecule has 22 heavy (non-hydrogen) atoms. The molecule has 0 aromatic heterocycles. The minimum absolute atomic E-state index is 0.00967. The zero-order valence-electron chi connectivity index (χ0n) is 13.4. The molecule has 0 radical (unpaired) electrons. The van der Waals surface area contributed by atoms with Crippen LogP contribution in [0, 0.1) is 5.92 Å². The summed E-state index contributed by atoms with van der Waals surface area (Å²) in [5.41, 5.74) is 0.217. The van der Waals surface area contributed by atoms with Crippen molar-refractivity contribution in [1.29, 1.82) is 0 Å². The van der Waals surface area contributed by atoms with Gasteiger partial charge in [-0.05, 0) is 19.3 Å². The second-order valence-electron chi connectivity index (χ2n) is 6.82. The minimum Gasteiger partial charge on any atom is -0.381 e. The van der Waals surface area contributed by atoms with Crippen LogP contribution in [-0.2, 0) is 4.74 Å². The van der Waals surface area contributed by atoms with Gasteiger partial charge in [0.1, 0.15) is 0 Å². The highest BCUT2D eigenvalue weighted by Gasteiger charge is 2.40. The third-order valence-corrected chi connectivity index (χ3v) is 6.31. The van der Waals surface area contributed by atoms with Crippen LogP contribution in [0.15, 0.2) is 0 Å². The Labute approximate surface area is 137 Å². The lowest BCUT2D eigenvalue weighted by molar-refractivity contribution is 0.104. The van der Waals surface area contributed by atoms with Crippen LogP contribution in [0.1, 0.15) is 32.1 Å². The lowest BCUT2D eigenvalue weighted by Crippen LogP contribution is -2.57. The number of hydrogen-bond donors (Lipinski definition) is 2. The fraction of sp³-hybridized carbons (Fsp3) is 0.938. The summed E-state index contributed by atoms with van der Waals surface area (Å²) in [4.78, 5) is 14.7. The number of rotatable bonds is 5. The molecule has 2 aliphatic heterocycles. The first-order chi connectivity index (χ1) is 10.8. The number of nitrogens with one attached hydrogen (secondary N) is 2. The Kier molecular flexibility index (Phi) is 5.88. The van der Waals surface area contributed by atoms with Gasteiger partial charge in [0.05, 0.1) is 6.61 Å². The summed E-state index contributed by atoms with van der Waals surface area (Å²) in [6, 6.07) is -0.00967. The molecule has 6 heteroatoms. The molecule has 2 heterocycles. The standard InChI is InChI=1S/C16H29N3O2S/c20-15(17-11-14-3-8-21-12-14)18-13-16(4-1-2-5-16)19-6-9-22-10-7-19/h14H,1-13H2,(H2,17,18,20). The SMILES string of the molecule is O=C(NCC1CCOC1)NCC1(N2CCSCC2)CCCC1. The third-order valence-electron chi connectivity index (χ3n) is 5.37. The lowest BCUT2D eigenvalue weighted by atomic mass is 9.94. The molecule has 2 N–H and O–H groups in total. The number of nitrogens with zero attached hydrogens (tertiary/aromatic N) is 1. The maximum absolute atomic E-state index is 12.1. The average Bonchev–Trinajstić information content (AvgIpc) is 3.24. The van der Waals surface area contributed by atoms with Crippen molar-refractivity contribution in [3.05, 3.63) is 0 Å². The van der Waals surface area contributed by atoms with E-state index in [1.54, 1.807) is 0 Å². The van der Waals surface area contributed by atoms with E-state index in [0.717, 1.165) is 32.7 Å². The summed E-state index contributed by atoms with van der Waals surface area (Å²) >= 11 is 2.05. The number of carbonyl (C=O) groups excluding carboxylic acids is 1. The smallest absolute Gasteiger partial charge is 0.314 e. The molecule has 0 aromatic rings. The molecule has 1 atom stereocenters. The average molecular weight is 327 g/mol. The second-order valence-corrected chi connectivity index (χ2v) is 8.05. The highest BCUT2D eigenvalue weighted by Crippen LogP contribution is 2.36. The van der Waals surface area contributed by atoms with Crippen molar-refractivity contribution in [2.75, 3.05) is 50.9 Å². The van der Waals surface area contributed by atoms with Crippen molar-refractivity contribution in [2.24, 2.45) is 5.92 Å². The Morgan fingerprint density at radius 2 is 2.00 bits per heavy atom. The summed E-state index contributed by atoms with van der Waals surface area (Å²) in [7, 11) is 0. The number of amides is 2. The molecule has 5 nitrogen and oxygen atoms in total. The number of thioether (sulfide) groups is 1. The van der Waals surface area contributed by atoms with Crippen LogP contribution in [0.4, 0.5) is 4.79 Å². The monoisotopic (exact) mass is 327 g/mol. The van der Waals surface area contributed by atoms with Crippen molar-refractivity contribution < 1.29 is 9.53 Å². The Balaban J connectivity index is 1.45. The van der Waals surface area contributed by atoms with Crippen LogP contribution in [0.2, 0.25) is 0 Å². The van der Waals surface area contributed by atoms with E-state index in [9.17, 15) is 4.79 Å². The summed E-state index contributed by atoms with van der Waals surface area (Å²) in [5.74, 6) is 2.95. The molecule has 3 rings (SSSR count). The van der Waals surface area contributed by atoms with Gasteiger partial charge in [-0.1, -0.05) is 12.8 Å². The maximum Gasteiger partial charge on any atom is 0.314 e. The van der Waals surface area contributed by atoms with Crippen LogP contribution in [0.25, 0.3) is 0 Å². The fourth-order valence-corrected chi connectivity index (χ4v) is 4.87. The molecule has 0 bridgehead atoms. The fourth-order valence-electron chi connectivity index (χ4n) is 3.96. The molecule has 2 saturated heterocycles. The van der Waals surface area contributed by atoms with Gasteiger partial charge in [-0.2, -0.15) is 11.8 Å². The highest BCUT2D eigenvalue weighted by atomic mass is 32.2. The topological polar surface area (TPSA) is 53.6 Å². The van der Waals surface area contributed by atoms with E-state index < -0.39 is 0 Å². The molecule has 3 aliphatic rings. The quantitative estimate of drug-likeness (QED) is 0.807. The third kappa shape index (κ3) is 4.09. The molecule has 2 amide bonds. The van der Waals surface area contributed by atoms with E-state index in [1.807, 2.05) is 11.8 Å². The van der Waals surface area contributed by atoms with Gasteiger partial charge in [0.2, 0.25) is 0 Å². The van der Waals surface area contributed by atoms with E-state index in [4.69, 9.17) is 4.74 Å². The molecule has 3 fully saturated rings. The lowest BCUT2D eigenvalue weighted by Gasteiger charge is -2.43. The Morgan fingerprint density at radius 3 is 2.68 bits per heavy atom. The molecule has 0 spiro atoms. The Bertz CT molecular complexity index is 362. The van der Waals surface area contributed by atoms with E-state index in [2.05, 4.69) is 15.5 Å². The number of carbonyl (C=O) groups is 1. The Hall–Kier alpha value is -0.460. The van der Waals surface area contributed by atoms with Crippen LogP contribution in [0.3, 0.4) is 0 Å². The predicted octanol–water partition coefficient (Wildman–Crippen LogP) is 1.68. The largest absolute Gasteiger partial charge is 0.381 e. The van der Waals surface area contributed by atoms with Gasteiger partial charge in [0.15, 0.2) is 0 Å². The molecule has 1 aliphatic carbocycles. The highest BCUT2D eigenvalue weighted by molar-refractivity contribution is 7.99. The first-order valence-electron chi connectivity index (χ1n) is 8.71.